The van der Waals surface area contributed by atoms with Gasteiger partial charge in [0, 0.05) is 49.3 Å². The van der Waals surface area contributed by atoms with Gasteiger partial charge in [-0.25, -0.2) is 0 Å². The first-order valence-corrected chi connectivity index (χ1v) is 9.46. The third-order valence-electron chi connectivity index (χ3n) is 5.19. The van der Waals surface area contributed by atoms with Gasteiger partial charge in [0.25, 0.3) is 0 Å². The number of piperidine rings is 1. The van der Waals surface area contributed by atoms with Crippen LogP contribution >= 0.6 is 0 Å². The second-order valence-corrected chi connectivity index (χ2v) is 7.44. The summed E-state index contributed by atoms with van der Waals surface area (Å²) in [5.74, 6) is 0.263. The number of carbonyl (C=O) groups is 3. The summed E-state index contributed by atoms with van der Waals surface area (Å²) in [6, 6.07) is 7.44. The van der Waals surface area contributed by atoms with Crippen LogP contribution in [0.1, 0.15) is 39.5 Å². The summed E-state index contributed by atoms with van der Waals surface area (Å²) in [6.07, 6.45) is 2.90. The topological polar surface area (TPSA) is 69.7 Å². The number of anilines is 2. The molecule has 2 heterocycles. The summed E-state index contributed by atoms with van der Waals surface area (Å²) in [4.78, 5) is 39.9. The molecule has 2 aliphatic heterocycles. The molecule has 0 unspecified atom stereocenters. The van der Waals surface area contributed by atoms with E-state index in [1.165, 1.54) is 0 Å². The van der Waals surface area contributed by atoms with Crippen LogP contribution in [0.25, 0.3) is 0 Å². The van der Waals surface area contributed by atoms with Gasteiger partial charge in [-0.05, 0) is 43.5 Å². The van der Waals surface area contributed by atoms with Gasteiger partial charge in [-0.2, -0.15) is 0 Å². The molecule has 0 spiro atoms. The fourth-order valence-electron chi connectivity index (χ4n) is 3.62. The van der Waals surface area contributed by atoms with Gasteiger partial charge in [-0.15, -0.1) is 0 Å². The lowest BCUT2D eigenvalue weighted by Crippen LogP contribution is -2.43. The van der Waals surface area contributed by atoms with Crippen LogP contribution in [0.2, 0.25) is 0 Å². The van der Waals surface area contributed by atoms with Crippen molar-refractivity contribution in [1.29, 1.82) is 0 Å². The largest absolute Gasteiger partial charge is 0.342 e. The van der Waals surface area contributed by atoms with E-state index >= 15 is 0 Å². The van der Waals surface area contributed by atoms with Crippen molar-refractivity contribution >= 4 is 29.1 Å². The molecule has 26 heavy (non-hydrogen) atoms. The summed E-state index contributed by atoms with van der Waals surface area (Å²) in [7, 11) is 0. The lowest BCUT2D eigenvalue weighted by Gasteiger charge is -2.32. The predicted molar refractivity (Wildman–Crippen MR) is 101 cm³/mol. The van der Waals surface area contributed by atoms with E-state index in [1.807, 2.05) is 43.0 Å². The minimum absolute atomic E-state index is 0.00128. The summed E-state index contributed by atoms with van der Waals surface area (Å²) in [5.41, 5.74) is 1.62. The molecule has 1 aromatic rings. The average molecular weight is 357 g/mol. The Morgan fingerprint density at radius 1 is 1.08 bits per heavy atom. The van der Waals surface area contributed by atoms with Gasteiger partial charge in [-0.1, -0.05) is 13.8 Å². The number of benzene rings is 1. The van der Waals surface area contributed by atoms with E-state index in [-0.39, 0.29) is 29.6 Å². The van der Waals surface area contributed by atoms with Crippen molar-refractivity contribution in [2.24, 2.45) is 11.8 Å². The first-order chi connectivity index (χ1) is 12.5. The summed E-state index contributed by atoms with van der Waals surface area (Å²) < 4.78 is 0. The van der Waals surface area contributed by atoms with E-state index in [2.05, 4.69) is 5.32 Å². The average Bonchev–Trinajstić information content (AvgIpc) is 3.07. The number of rotatable bonds is 4. The normalized spacial score (nSPS) is 18.5. The standard InChI is InChI=1S/C20H27N3O3/c1-14(2)20(26)22-12-9-15(10-13-22)19(25)21-16-5-7-17(8-6-16)23-11-3-4-18(23)24/h5-8,14-15H,3-4,9-13H2,1-2H3,(H,21,25). The highest BCUT2D eigenvalue weighted by Gasteiger charge is 2.28. The van der Waals surface area contributed by atoms with Crippen molar-refractivity contribution in [3.8, 4) is 0 Å². The number of amides is 3. The molecule has 6 nitrogen and oxygen atoms in total. The highest BCUT2D eigenvalue weighted by molar-refractivity contribution is 5.96. The second kappa shape index (κ2) is 7.89. The quantitative estimate of drug-likeness (QED) is 0.901. The van der Waals surface area contributed by atoms with Gasteiger partial charge in [0.1, 0.15) is 0 Å². The number of carbonyl (C=O) groups excluding carboxylic acids is 3. The zero-order valence-electron chi connectivity index (χ0n) is 15.5. The maximum Gasteiger partial charge on any atom is 0.227 e. The molecule has 140 valence electrons. The highest BCUT2D eigenvalue weighted by atomic mass is 16.2. The lowest BCUT2D eigenvalue weighted by molar-refractivity contribution is -0.137. The van der Waals surface area contributed by atoms with Gasteiger partial charge >= 0.3 is 0 Å². The first-order valence-electron chi connectivity index (χ1n) is 9.46. The van der Waals surface area contributed by atoms with E-state index in [9.17, 15) is 14.4 Å². The molecule has 2 fully saturated rings. The molecule has 2 saturated heterocycles. The van der Waals surface area contributed by atoms with Gasteiger partial charge in [0.15, 0.2) is 0 Å². The maximum atomic E-state index is 12.5. The minimum Gasteiger partial charge on any atom is -0.342 e. The molecule has 6 heteroatoms. The van der Waals surface area contributed by atoms with Gasteiger partial charge in [-0.3, -0.25) is 14.4 Å². The van der Waals surface area contributed by atoms with Crippen LogP contribution in [-0.4, -0.2) is 42.3 Å². The van der Waals surface area contributed by atoms with E-state index in [1.54, 1.807) is 4.90 Å². The van der Waals surface area contributed by atoms with Crippen LogP contribution in [0.15, 0.2) is 24.3 Å². The van der Waals surface area contributed by atoms with E-state index < -0.39 is 0 Å². The summed E-state index contributed by atoms with van der Waals surface area (Å²) >= 11 is 0. The van der Waals surface area contributed by atoms with E-state index in [0.29, 0.717) is 32.4 Å². The summed E-state index contributed by atoms with van der Waals surface area (Å²) in [5, 5.41) is 2.96. The van der Waals surface area contributed by atoms with Crippen molar-refractivity contribution in [1.82, 2.24) is 4.90 Å². The van der Waals surface area contributed by atoms with Crippen LogP contribution in [0, 0.1) is 11.8 Å². The smallest absolute Gasteiger partial charge is 0.227 e. The summed E-state index contributed by atoms with van der Waals surface area (Å²) in [6.45, 7) is 5.86. The van der Waals surface area contributed by atoms with E-state index in [0.717, 1.165) is 24.3 Å². The Morgan fingerprint density at radius 2 is 1.73 bits per heavy atom. The number of hydrogen-bond donors (Lipinski definition) is 1. The highest BCUT2D eigenvalue weighted by Crippen LogP contribution is 2.24. The Bertz CT molecular complexity index is 676. The number of hydrogen-bond acceptors (Lipinski definition) is 3. The molecule has 0 aromatic heterocycles. The number of likely N-dealkylation sites (tertiary alicyclic amines) is 1. The zero-order chi connectivity index (χ0) is 18.7. The minimum atomic E-state index is -0.0638. The molecular weight excluding hydrogens is 330 g/mol. The fraction of sp³-hybridized carbons (Fsp3) is 0.550. The van der Waals surface area contributed by atoms with Crippen LogP contribution in [0.5, 0.6) is 0 Å². The van der Waals surface area contributed by atoms with Crippen molar-refractivity contribution in [2.45, 2.75) is 39.5 Å². The molecule has 1 aromatic carbocycles. The first kappa shape index (κ1) is 18.4. The van der Waals surface area contributed by atoms with Gasteiger partial charge in [0.05, 0.1) is 0 Å². The molecule has 2 aliphatic rings. The molecular formula is C20H27N3O3. The fourth-order valence-corrected chi connectivity index (χ4v) is 3.62. The zero-order valence-corrected chi connectivity index (χ0v) is 15.5. The van der Waals surface area contributed by atoms with Crippen molar-refractivity contribution in [2.75, 3.05) is 29.9 Å². The lowest BCUT2D eigenvalue weighted by atomic mass is 9.95. The van der Waals surface area contributed by atoms with Gasteiger partial charge < -0.3 is 15.1 Å². The van der Waals surface area contributed by atoms with Crippen LogP contribution in [-0.2, 0) is 14.4 Å². The predicted octanol–water partition coefficient (Wildman–Crippen LogP) is 2.65. The Kier molecular flexibility index (Phi) is 5.59. The molecule has 3 rings (SSSR count). The van der Waals surface area contributed by atoms with Crippen molar-refractivity contribution in [3.05, 3.63) is 24.3 Å². The molecule has 0 aliphatic carbocycles. The molecule has 3 amide bonds. The molecule has 0 atom stereocenters. The Labute approximate surface area is 154 Å². The van der Waals surface area contributed by atoms with Crippen LogP contribution in [0.4, 0.5) is 11.4 Å². The number of nitrogens with zero attached hydrogens (tertiary/aromatic N) is 2. The Balaban J connectivity index is 1.52. The van der Waals surface area contributed by atoms with Crippen LogP contribution < -0.4 is 10.2 Å². The van der Waals surface area contributed by atoms with Crippen LogP contribution in [0.3, 0.4) is 0 Å². The van der Waals surface area contributed by atoms with Crippen molar-refractivity contribution < 1.29 is 14.4 Å². The number of nitrogens with one attached hydrogen (secondary N) is 1. The third kappa shape index (κ3) is 4.06. The molecule has 0 radical (unpaired) electrons. The second-order valence-electron chi connectivity index (χ2n) is 7.44. The van der Waals surface area contributed by atoms with E-state index in [4.69, 9.17) is 0 Å². The van der Waals surface area contributed by atoms with Gasteiger partial charge in [0.2, 0.25) is 17.7 Å². The monoisotopic (exact) mass is 357 g/mol. The SMILES string of the molecule is CC(C)C(=O)N1CCC(C(=O)Nc2ccc(N3CCCC3=O)cc2)CC1. The van der Waals surface area contributed by atoms with Crippen molar-refractivity contribution in [3.63, 3.8) is 0 Å². The molecule has 0 bridgehead atoms. The maximum absolute atomic E-state index is 12.5. The molecule has 1 N–H and O–H groups in total. The Hall–Kier alpha value is -2.37. The third-order valence-corrected chi connectivity index (χ3v) is 5.19. The molecule has 0 saturated carbocycles. The Morgan fingerprint density at radius 3 is 2.27 bits per heavy atom.